The average molecular weight is 307 g/mol. The van der Waals surface area contributed by atoms with Crippen molar-refractivity contribution >= 4 is 28.9 Å². The minimum atomic E-state index is -0.560. The lowest BCUT2D eigenvalue weighted by molar-refractivity contribution is -0.383. The van der Waals surface area contributed by atoms with E-state index in [4.69, 9.17) is 16.3 Å². The van der Waals surface area contributed by atoms with Gasteiger partial charge in [-0.1, -0.05) is 23.7 Å². The van der Waals surface area contributed by atoms with Crippen LogP contribution in [0.25, 0.3) is 0 Å². The van der Waals surface area contributed by atoms with E-state index in [2.05, 4.69) is 5.32 Å². The smallest absolute Gasteiger partial charge is 0.292 e. The molecule has 2 aromatic carbocycles. The van der Waals surface area contributed by atoms with Gasteiger partial charge in [0.05, 0.1) is 4.92 Å². The van der Waals surface area contributed by atoms with Crippen LogP contribution in [0.2, 0.25) is 5.02 Å². The molecular formula is C14H11ClN2O4. The number of halogens is 1. The maximum Gasteiger partial charge on any atom is 0.292 e. The lowest BCUT2D eigenvalue weighted by Gasteiger charge is -2.07. The van der Waals surface area contributed by atoms with Crippen LogP contribution < -0.4 is 10.1 Å². The molecule has 0 radical (unpaired) electrons. The summed E-state index contributed by atoms with van der Waals surface area (Å²) in [4.78, 5) is 22.0. The number of carbonyl (C=O) groups excluding carboxylic acids is 1. The summed E-state index contributed by atoms with van der Waals surface area (Å²) in [6.07, 6.45) is 0. The number of hydrogen-bond acceptors (Lipinski definition) is 4. The molecule has 0 heterocycles. The number of anilines is 1. The molecule has 0 aliphatic carbocycles. The molecule has 2 aromatic rings. The Kier molecular flexibility index (Phi) is 4.73. The van der Waals surface area contributed by atoms with Crippen molar-refractivity contribution in [3.8, 4) is 5.75 Å². The first kappa shape index (κ1) is 14.8. The van der Waals surface area contributed by atoms with E-state index < -0.39 is 10.8 Å². The number of nitrogens with one attached hydrogen (secondary N) is 1. The summed E-state index contributed by atoms with van der Waals surface area (Å²) < 4.78 is 5.25. The third-order valence-corrected chi connectivity index (χ3v) is 2.81. The molecule has 0 saturated heterocycles. The molecule has 0 aliphatic rings. The van der Waals surface area contributed by atoms with Gasteiger partial charge in [0.25, 0.3) is 11.6 Å². The fourth-order valence-electron chi connectivity index (χ4n) is 1.60. The van der Waals surface area contributed by atoms with Crippen LogP contribution in [-0.2, 0) is 4.79 Å². The molecule has 7 heteroatoms. The summed E-state index contributed by atoms with van der Waals surface area (Å²) in [6, 6.07) is 12.4. The molecule has 0 bridgehead atoms. The first-order chi connectivity index (χ1) is 10.1. The molecule has 0 saturated carbocycles. The van der Waals surface area contributed by atoms with Gasteiger partial charge in [-0.05, 0) is 30.3 Å². The van der Waals surface area contributed by atoms with Crippen molar-refractivity contribution in [2.75, 3.05) is 11.9 Å². The van der Waals surface area contributed by atoms with Crippen molar-refractivity contribution in [3.05, 3.63) is 63.7 Å². The quantitative estimate of drug-likeness (QED) is 0.679. The predicted molar refractivity (Wildman–Crippen MR) is 78.7 cm³/mol. The molecule has 0 atom stereocenters. The monoisotopic (exact) mass is 306 g/mol. The van der Waals surface area contributed by atoms with Crippen molar-refractivity contribution in [1.82, 2.24) is 0 Å². The van der Waals surface area contributed by atoms with Crippen LogP contribution in [-0.4, -0.2) is 17.4 Å². The highest BCUT2D eigenvalue weighted by Crippen LogP contribution is 2.23. The maximum absolute atomic E-state index is 11.7. The molecule has 0 fully saturated rings. The van der Waals surface area contributed by atoms with Crippen molar-refractivity contribution < 1.29 is 14.5 Å². The van der Waals surface area contributed by atoms with Gasteiger partial charge in [-0.2, -0.15) is 0 Å². The van der Waals surface area contributed by atoms with Crippen LogP contribution in [0.4, 0.5) is 11.4 Å². The summed E-state index contributed by atoms with van der Waals surface area (Å²) in [7, 11) is 0. The molecule has 0 unspecified atom stereocenters. The lowest BCUT2D eigenvalue weighted by Crippen LogP contribution is -2.20. The Morgan fingerprint density at radius 2 is 1.86 bits per heavy atom. The normalized spacial score (nSPS) is 9.95. The highest BCUT2D eigenvalue weighted by molar-refractivity contribution is 6.30. The summed E-state index contributed by atoms with van der Waals surface area (Å²) in [5.74, 6) is -0.00337. The van der Waals surface area contributed by atoms with E-state index in [0.717, 1.165) is 0 Å². The maximum atomic E-state index is 11.7. The van der Waals surface area contributed by atoms with Crippen molar-refractivity contribution in [3.63, 3.8) is 0 Å². The number of nitro benzene ring substituents is 1. The number of ether oxygens (including phenoxy) is 1. The first-order valence-electron chi connectivity index (χ1n) is 5.98. The number of para-hydroxylation sites is 2. The molecule has 108 valence electrons. The van der Waals surface area contributed by atoms with E-state index in [1.807, 2.05) is 0 Å². The summed E-state index contributed by atoms with van der Waals surface area (Å²) in [5, 5.41) is 13.8. The largest absolute Gasteiger partial charge is 0.484 e. The molecule has 0 aromatic heterocycles. The van der Waals surface area contributed by atoms with Gasteiger partial charge in [-0.25, -0.2) is 0 Å². The van der Waals surface area contributed by atoms with E-state index in [1.165, 1.54) is 18.2 Å². The van der Waals surface area contributed by atoms with Gasteiger partial charge in [0.15, 0.2) is 6.61 Å². The number of carbonyl (C=O) groups is 1. The summed E-state index contributed by atoms with van der Waals surface area (Å²) in [5.41, 5.74) is -0.0375. The van der Waals surface area contributed by atoms with Crippen LogP contribution in [0.1, 0.15) is 0 Å². The molecule has 2 rings (SSSR count). The van der Waals surface area contributed by atoms with Gasteiger partial charge in [-0.15, -0.1) is 0 Å². The highest BCUT2D eigenvalue weighted by atomic mass is 35.5. The Morgan fingerprint density at radius 3 is 2.52 bits per heavy atom. The third kappa shape index (κ3) is 4.19. The Bertz CT molecular complexity index is 658. The van der Waals surface area contributed by atoms with Crippen LogP contribution in [0.5, 0.6) is 5.75 Å². The number of benzene rings is 2. The molecule has 1 amide bonds. The standard InChI is InChI=1S/C14H11ClN2O4/c15-10-5-7-11(8-6-10)21-9-14(18)16-12-3-1-2-4-13(12)17(19)20/h1-8H,9H2,(H,16,18). The second kappa shape index (κ2) is 6.71. The molecule has 21 heavy (non-hydrogen) atoms. The number of rotatable bonds is 5. The summed E-state index contributed by atoms with van der Waals surface area (Å²) in [6.45, 7) is -0.256. The fraction of sp³-hybridized carbons (Fsp3) is 0.0714. The lowest BCUT2D eigenvalue weighted by atomic mass is 10.2. The number of nitro groups is 1. The van der Waals surface area contributed by atoms with Gasteiger partial charge in [0.1, 0.15) is 11.4 Å². The van der Waals surface area contributed by atoms with Gasteiger partial charge in [-0.3, -0.25) is 14.9 Å². The van der Waals surface area contributed by atoms with Crippen molar-refractivity contribution in [1.29, 1.82) is 0 Å². The topological polar surface area (TPSA) is 81.5 Å². The number of nitrogens with zero attached hydrogens (tertiary/aromatic N) is 1. The number of amides is 1. The Balaban J connectivity index is 1.96. The Labute approximate surface area is 125 Å². The van der Waals surface area contributed by atoms with E-state index >= 15 is 0 Å². The van der Waals surface area contributed by atoms with Crippen LogP contribution in [0.15, 0.2) is 48.5 Å². The predicted octanol–water partition coefficient (Wildman–Crippen LogP) is 3.27. The van der Waals surface area contributed by atoms with Gasteiger partial charge in [0.2, 0.25) is 0 Å². The summed E-state index contributed by atoms with van der Waals surface area (Å²) >= 11 is 5.73. The number of hydrogen-bond donors (Lipinski definition) is 1. The van der Waals surface area contributed by atoms with Crippen LogP contribution in [0.3, 0.4) is 0 Å². The zero-order valence-electron chi connectivity index (χ0n) is 10.8. The minimum Gasteiger partial charge on any atom is -0.484 e. The van der Waals surface area contributed by atoms with Gasteiger partial charge >= 0.3 is 0 Å². The van der Waals surface area contributed by atoms with E-state index in [0.29, 0.717) is 10.8 Å². The molecule has 0 aliphatic heterocycles. The highest BCUT2D eigenvalue weighted by Gasteiger charge is 2.14. The van der Waals surface area contributed by atoms with E-state index in [1.54, 1.807) is 30.3 Å². The molecule has 0 spiro atoms. The average Bonchev–Trinajstić information content (AvgIpc) is 2.47. The third-order valence-electron chi connectivity index (χ3n) is 2.56. The van der Waals surface area contributed by atoms with E-state index in [-0.39, 0.29) is 18.0 Å². The van der Waals surface area contributed by atoms with Crippen LogP contribution in [0, 0.1) is 10.1 Å². The fourth-order valence-corrected chi connectivity index (χ4v) is 1.73. The van der Waals surface area contributed by atoms with E-state index in [9.17, 15) is 14.9 Å². The Morgan fingerprint density at radius 1 is 1.19 bits per heavy atom. The molecule has 6 nitrogen and oxygen atoms in total. The van der Waals surface area contributed by atoms with Crippen molar-refractivity contribution in [2.45, 2.75) is 0 Å². The SMILES string of the molecule is O=C(COc1ccc(Cl)cc1)Nc1ccccc1[N+](=O)[O-]. The zero-order valence-corrected chi connectivity index (χ0v) is 11.5. The minimum absolute atomic E-state index is 0.132. The molecular weight excluding hydrogens is 296 g/mol. The van der Waals surface area contributed by atoms with Gasteiger partial charge < -0.3 is 10.1 Å². The van der Waals surface area contributed by atoms with Crippen LogP contribution >= 0.6 is 11.6 Å². The van der Waals surface area contributed by atoms with Gasteiger partial charge in [0, 0.05) is 11.1 Å². The van der Waals surface area contributed by atoms with Crippen molar-refractivity contribution in [2.24, 2.45) is 0 Å². The zero-order chi connectivity index (χ0) is 15.2. The second-order valence-electron chi connectivity index (χ2n) is 4.07. The molecule has 1 N–H and O–H groups in total. The first-order valence-corrected chi connectivity index (χ1v) is 6.35. The second-order valence-corrected chi connectivity index (χ2v) is 4.50. The Hall–Kier alpha value is -2.60.